The maximum atomic E-state index is 11.9. The zero-order chi connectivity index (χ0) is 11.7. The Morgan fingerprint density at radius 3 is 2.69 bits per heavy atom. The van der Waals surface area contributed by atoms with Crippen LogP contribution in [0.4, 0.5) is 0 Å². The maximum Gasteiger partial charge on any atom is 0.212 e. The SMILES string of the molecule is O=C(c1ccc[nH]1)c1cc(Cl)cc(Cl)c1O. The number of hydrogen-bond donors (Lipinski definition) is 2. The molecule has 0 bridgehead atoms. The van der Waals surface area contributed by atoms with Gasteiger partial charge in [-0.3, -0.25) is 4.79 Å². The van der Waals surface area contributed by atoms with Crippen LogP contribution in [0.3, 0.4) is 0 Å². The normalized spacial score (nSPS) is 10.4. The van der Waals surface area contributed by atoms with Crippen LogP contribution in [0, 0.1) is 0 Å². The van der Waals surface area contributed by atoms with Gasteiger partial charge < -0.3 is 10.1 Å². The number of H-pyrrole nitrogens is 1. The standard InChI is InChI=1S/C11H7Cl2NO2/c12-6-4-7(10(15)8(13)5-6)11(16)9-2-1-3-14-9/h1-5,14-15H. The van der Waals surface area contributed by atoms with E-state index in [9.17, 15) is 9.90 Å². The number of aromatic nitrogens is 1. The van der Waals surface area contributed by atoms with Crippen LogP contribution in [0.2, 0.25) is 10.0 Å². The highest BCUT2D eigenvalue weighted by Crippen LogP contribution is 2.32. The van der Waals surface area contributed by atoms with Crippen LogP contribution in [-0.4, -0.2) is 15.9 Å². The molecule has 2 N–H and O–H groups in total. The highest BCUT2D eigenvalue weighted by Gasteiger charge is 2.17. The summed E-state index contributed by atoms with van der Waals surface area (Å²) in [5.41, 5.74) is 0.452. The summed E-state index contributed by atoms with van der Waals surface area (Å²) >= 11 is 11.5. The number of phenolic OH excluding ortho intramolecular Hbond substituents is 1. The first-order valence-corrected chi connectivity index (χ1v) is 5.21. The van der Waals surface area contributed by atoms with Gasteiger partial charge in [-0.2, -0.15) is 0 Å². The van der Waals surface area contributed by atoms with Gasteiger partial charge in [0.1, 0.15) is 5.75 Å². The summed E-state index contributed by atoms with van der Waals surface area (Å²) < 4.78 is 0. The van der Waals surface area contributed by atoms with E-state index in [1.165, 1.54) is 12.1 Å². The van der Waals surface area contributed by atoms with E-state index in [1.54, 1.807) is 18.3 Å². The van der Waals surface area contributed by atoms with Crippen LogP contribution in [0.15, 0.2) is 30.5 Å². The summed E-state index contributed by atoms with van der Waals surface area (Å²) in [7, 11) is 0. The molecule has 3 nitrogen and oxygen atoms in total. The largest absolute Gasteiger partial charge is 0.506 e. The molecule has 2 aromatic rings. The van der Waals surface area contributed by atoms with Crippen molar-refractivity contribution in [3.8, 4) is 5.75 Å². The van der Waals surface area contributed by atoms with Gasteiger partial charge in [-0.05, 0) is 24.3 Å². The van der Waals surface area contributed by atoms with Gasteiger partial charge in [0.25, 0.3) is 0 Å². The van der Waals surface area contributed by atoms with E-state index in [0.29, 0.717) is 10.7 Å². The van der Waals surface area contributed by atoms with Gasteiger partial charge in [0.05, 0.1) is 16.3 Å². The first kappa shape index (κ1) is 11.0. The Balaban J connectivity index is 2.52. The van der Waals surface area contributed by atoms with Crippen LogP contribution < -0.4 is 0 Å². The average molecular weight is 256 g/mol. The molecule has 2 rings (SSSR count). The van der Waals surface area contributed by atoms with Gasteiger partial charge in [-0.25, -0.2) is 0 Å². The fourth-order valence-electron chi connectivity index (χ4n) is 1.36. The molecule has 0 saturated carbocycles. The van der Waals surface area contributed by atoms with Crippen LogP contribution in [-0.2, 0) is 0 Å². The molecule has 1 aromatic heterocycles. The second-order valence-corrected chi connectivity index (χ2v) is 4.04. The number of phenols is 1. The molecule has 1 aromatic carbocycles. The van der Waals surface area contributed by atoms with Gasteiger partial charge in [-0.15, -0.1) is 0 Å². The summed E-state index contributed by atoms with van der Waals surface area (Å²) in [6.07, 6.45) is 1.62. The van der Waals surface area contributed by atoms with E-state index >= 15 is 0 Å². The monoisotopic (exact) mass is 255 g/mol. The molecule has 5 heteroatoms. The molecule has 0 aliphatic rings. The number of benzene rings is 1. The fourth-order valence-corrected chi connectivity index (χ4v) is 1.85. The molecule has 82 valence electrons. The average Bonchev–Trinajstić information content (AvgIpc) is 2.75. The molecule has 0 saturated heterocycles. The molecule has 0 radical (unpaired) electrons. The summed E-state index contributed by atoms with van der Waals surface area (Å²) in [6.45, 7) is 0. The molecule has 0 aliphatic heterocycles. The molecular formula is C11H7Cl2NO2. The number of carbonyl (C=O) groups excluding carboxylic acids is 1. The van der Waals surface area contributed by atoms with E-state index in [-0.39, 0.29) is 22.1 Å². The number of nitrogens with one attached hydrogen (secondary N) is 1. The lowest BCUT2D eigenvalue weighted by atomic mass is 10.1. The highest BCUT2D eigenvalue weighted by molar-refractivity contribution is 6.36. The van der Waals surface area contributed by atoms with Crippen molar-refractivity contribution in [2.45, 2.75) is 0 Å². The predicted molar refractivity (Wildman–Crippen MR) is 62.4 cm³/mol. The first-order chi connectivity index (χ1) is 7.59. The van der Waals surface area contributed by atoms with Crippen LogP contribution in [0.1, 0.15) is 16.1 Å². The highest BCUT2D eigenvalue weighted by atomic mass is 35.5. The molecule has 16 heavy (non-hydrogen) atoms. The minimum Gasteiger partial charge on any atom is -0.506 e. The van der Waals surface area contributed by atoms with Crippen molar-refractivity contribution in [1.29, 1.82) is 0 Å². The molecular weight excluding hydrogens is 249 g/mol. The Morgan fingerprint density at radius 1 is 1.31 bits per heavy atom. The van der Waals surface area contributed by atoms with Gasteiger partial charge in [0.2, 0.25) is 5.78 Å². The van der Waals surface area contributed by atoms with Crippen LogP contribution in [0.25, 0.3) is 0 Å². The van der Waals surface area contributed by atoms with Crippen molar-refractivity contribution < 1.29 is 9.90 Å². The number of rotatable bonds is 2. The van der Waals surface area contributed by atoms with Crippen molar-refractivity contribution in [3.63, 3.8) is 0 Å². The number of halogens is 2. The van der Waals surface area contributed by atoms with E-state index < -0.39 is 0 Å². The van der Waals surface area contributed by atoms with Crippen LogP contribution in [0.5, 0.6) is 5.75 Å². The zero-order valence-electron chi connectivity index (χ0n) is 8.00. The third kappa shape index (κ3) is 1.92. The number of aromatic amines is 1. The second-order valence-electron chi connectivity index (χ2n) is 3.20. The Hall–Kier alpha value is -1.45. The molecule has 0 spiro atoms. The van der Waals surface area contributed by atoms with Gasteiger partial charge in [0.15, 0.2) is 0 Å². The smallest absolute Gasteiger partial charge is 0.212 e. The van der Waals surface area contributed by atoms with E-state index in [2.05, 4.69) is 4.98 Å². The summed E-state index contributed by atoms with van der Waals surface area (Å²) in [5, 5.41) is 10.0. The third-order valence-corrected chi connectivity index (χ3v) is 2.62. The van der Waals surface area contributed by atoms with Gasteiger partial charge >= 0.3 is 0 Å². The molecule has 0 aliphatic carbocycles. The lowest BCUT2D eigenvalue weighted by Gasteiger charge is -2.05. The number of carbonyl (C=O) groups is 1. The lowest BCUT2D eigenvalue weighted by Crippen LogP contribution is -2.02. The van der Waals surface area contributed by atoms with E-state index in [1.807, 2.05) is 0 Å². The Kier molecular flexibility index (Phi) is 2.90. The minimum atomic E-state index is -0.355. The molecule has 0 unspecified atom stereocenters. The predicted octanol–water partition coefficient (Wildman–Crippen LogP) is 3.26. The quantitative estimate of drug-likeness (QED) is 0.810. The molecule has 0 atom stereocenters. The summed E-state index contributed by atoms with van der Waals surface area (Å²) in [4.78, 5) is 14.7. The topological polar surface area (TPSA) is 53.1 Å². The second kappa shape index (κ2) is 4.20. The number of hydrogen-bond acceptors (Lipinski definition) is 2. The molecule has 0 fully saturated rings. The fraction of sp³-hybridized carbons (Fsp3) is 0. The summed E-state index contributed by atoms with van der Waals surface area (Å²) in [5.74, 6) is -0.613. The lowest BCUT2D eigenvalue weighted by molar-refractivity contribution is 0.103. The van der Waals surface area contributed by atoms with E-state index in [0.717, 1.165) is 0 Å². The zero-order valence-corrected chi connectivity index (χ0v) is 9.51. The Bertz CT molecular complexity index is 535. The van der Waals surface area contributed by atoms with Crippen molar-refractivity contribution in [2.75, 3.05) is 0 Å². The van der Waals surface area contributed by atoms with Crippen molar-refractivity contribution in [2.24, 2.45) is 0 Å². The maximum absolute atomic E-state index is 11.9. The Labute approximate surface area is 102 Å². The summed E-state index contributed by atoms with van der Waals surface area (Å²) in [6, 6.07) is 6.06. The van der Waals surface area contributed by atoms with E-state index in [4.69, 9.17) is 23.2 Å². The van der Waals surface area contributed by atoms with Crippen LogP contribution >= 0.6 is 23.2 Å². The van der Waals surface area contributed by atoms with Gasteiger partial charge in [-0.1, -0.05) is 23.2 Å². The van der Waals surface area contributed by atoms with Crippen molar-refractivity contribution in [1.82, 2.24) is 4.98 Å². The first-order valence-electron chi connectivity index (χ1n) is 4.45. The molecule has 0 amide bonds. The number of ketones is 1. The minimum absolute atomic E-state index is 0.0578. The number of aromatic hydroxyl groups is 1. The van der Waals surface area contributed by atoms with Crippen molar-refractivity contribution in [3.05, 3.63) is 51.8 Å². The van der Waals surface area contributed by atoms with Gasteiger partial charge in [0, 0.05) is 11.2 Å². The molecule has 1 heterocycles. The third-order valence-electron chi connectivity index (χ3n) is 2.12. The van der Waals surface area contributed by atoms with Crippen molar-refractivity contribution >= 4 is 29.0 Å². The Morgan fingerprint density at radius 2 is 2.06 bits per heavy atom.